The lowest BCUT2D eigenvalue weighted by molar-refractivity contribution is -0.123. The van der Waals surface area contributed by atoms with Gasteiger partial charge in [-0.05, 0) is 31.0 Å². The average Bonchev–Trinajstić information content (AvgIpc) is 3.03. The van der Waals surface area contributed by atoms with Crippen LogP contribution in [-0.4, -0.2) is 43.7 Å². The van der Waals surface area contributed by atoms with Crippen molar-refractivity contribution in [2.45, 2.75) is 38.4 Å². The van der Waals surface area contributed by atoms with Crippen LogP contribution in [0.4, 0.5) is 5.69 Å². The normalized spacial score (nSPS) is 26.4. The second-order valence-electron chi connectivity index (χ2n) is 7.14. The van der Waals surface area contributed by atoms with Gasteiger partial charge in [-0.2, -0.15) is 0 Å². The molecule has 0 saturated carbocycles. The molecule has 4 atom stereocenters. The zero-order chi connectivity index (χ0) is 16.9. The van der Waals surface area contributed by atoms with E-state index in [9.17, 15) is 4.79 Å². The number of piperidine rings is 1. The Bertz CT molecular complexity index is 542. The average molecular weight is 368 g/mol. The van der Waals surface area contributed by atoms with Crippen LogP contribution in [0, 0.1) is 11.8 Å². The van der Waals surface area contributed by atoms with Gasteiger partial charge >= 0.3 is 0 Å². The number of hydrogen-bond acceptors (Lipinski definition) is 5. The number of carbonyl (C=O) groups is 1. The Morgan fingerprint density at radius 3 is 2.72 bits per heavy atom. The largest absolute Gasteiger partial charge is 0.380 e. The van der Waals surface area contributed by atoms with Crippen LogP contribution in [0.3, 0.4) is 0 Å². The third-order valence-electron chi connectivity index (χ3n) is 5.09. The molecular formula is C18H30ClN5O. The summed E-state index contributed by atoms with van der Waals surface area (Å²) >= 11 is 0. The predicted octanol–water partition coefficient (Wildman–Crippen LogP) is 1.12. The number of amides is 1. The third kappa shape index (κ3) is 5.07. The highest BCUT2D eigenvalue weighted by molar-refractivity contribution is 5.85. The van der Waals surface area contributed by atoms with E-state index < -0.39 is 0 Å². The van der Waals surface area contributed by atoms with Crippen molar-refractivity contribution in [1.29, 1.82) is 0 Å². The molecule has 0 bridgehead atoms. The van der Waals surface area contributed by atoms with Crippen LogP contribution in [0.5, 0.6) is 0 Å². The molecule has 6 nitrogen and oxygen atoms in total. The van der Waals surface area contributed by atoms with E-state index in [1.54, 1.807) is 0 Å². The number of hydrogen-bond donors (Lipinski definition) is 5. The molecule has 2 heterocycles. The molecule has 140 valence electrons. The first kappa shape index (κ1) is 20.0. The van der Waals surface area contributed by atoms with E-state index in [4.69, 9.17) is 0 Å². The van der Waals surface area contributed by atoms with Crippen molar-refractivity contribution in [3.05, 3.63) is 30.3 Å². The molecule has 0 spiro atoms. The summed E-state index contributed by atoms with van der Waals surface area (Å²) in [6, 6.07) is 10.6. The van der Waals surface area contributed by atoms with Crippen molar-refractivity contribution in [2.24, 2.45) is 11.8 Å². The number of nitrogens with one attached hydrogen (secondary N) is 5. The Morgan fingerprint density at radius 2 is 2.00 bits per heavy atom. The minimum atomic E-state index is -0.160. The Balaban J connectivity index is 0.00000225. The Labute approximate surface area is 156 Å². The highest BCUT2D eigenvalue weighted by atomic mass is 35.5. The lowest BCUT2D eigenvalue weighted by Gasteiger charge is -2.28. The Kier molecular flexibility index (Phi) is 7.50. The fraction of sp³-hybridized carbons (Fsp3) is 0.611. The Morgan fingerprint density at radius 1 is 1.24 bits per heavy atom. The van der Waals surface area contributed by atoms with E-state index in [1.807, 2.05) is 18.2 Å². The van der Waals surface area contributed by atoms with E-state index in [0.717, 1.165) is 25.2 Å². The van der Waals surface area contributed by atoms with Gasteiger partial charge in [-0.3, -0.25) is 10.2 Å². The van der Waals surface area contributed by atoms with E-state index in [1.165, 1.54) is 0 Å². The topological polar surface area (TPSA) is 77.2 Å². The molecule has 25 heavy (non-hydrogen) atoms. The number of fused-ring (bicyclic) bond motifs is 1. The number of hydrazine groups is 1. The molecule has 4 unspecified atom stereocenters. The Hall–Kier alpha value is -1.34. The third-order valence-corrected chi connectivity index (χ3v) is 5.09. The molecule has 7 heteroatoms. The summed E-state index contributed by atoms with van der Waals surface area (Å²) in [4.78, 5) is 12.6. The van der Waals surface area contributed by atoms with Gasteiger partial charge in [0.05, 0.1) is 0 Å². The zero-order valence-electron chi connectivity index (χ0n) is 14.9. The maximum atomic E-state index is 12.6. The van der Waals surface area contributed by atoms with Gasteiger partial charge in [0.25, 0.3) is 0 Å². The molecule has 1 aromatic rings. The predicted molar refractivity (Wildman–Crippen MR) is 104 cm³/mol. The quantitative estimate of drug-likeness (QED) is 0.521. The SMILES string of the molecule is CC(C)C(CNC(=O)C1NNC2CCNCC21)Nc1ccccc1.Cl. The highest BCUT2D eigenvalue weighted by Crippen LogP contribution is 2.20. The van der Waals surface area contributed by atoms with Gasteiger partial charge < -0.3 is 16.0 Å². The summed E-state index contributed by atoms with van der Waals surface area (Å²) in [5, 5.41) is 10.0. The van der Waals surface area contributed by atoms with Gasteiger partial charge in [0.2, 0.25) is 5.91 Å². The standard InChI is InChI=1S/C18H29N5O.ClH/c1-12(2)16(21-13-6-4-3-5-7-13)11-20-18(24)17-14-10-19-9-8-15(14)22-23-17;/h3-7,12,14-17,19,21-23H,8-11H2,1-2H3,(H,20,24);1H. The van der Waals surface area contributed by atoms with Crippen LogP contribution >= 0.6 is 12.4 Å². The molecule has 0 aliphatic carbocycles. The minimum Gasteiger partial charge on any atom is -0.380 e. The van der Waals surface area contributed by atoms with Crippen molar-refractivity contribution < 1.29 is 4.79 Å². The summed E-state index contributed by atoms with van der Waals surface area (Å²) in [6.07, 6.45) is 1.06. The van der Waals surface area contributed by atoms with Crippen molar-refractivity contribution in [1.82, 2.24) is 21.5 Å². The van der Waals surface area contributed by atoms with Crippen LogP contribution in [0.1, 0.15) is 20.3 Å². The fourth-order valence-corrected chi connectivity index (χ4v) is 3.50. The number of halogens is 1. The second-order valence-corrected chi connectivity index (χ2v) is 7.14. The van der Waals surface area contributed by atoms with Crippen LogP contribution in [0.2, 0.25) is 0 Å². The molecule has 2 fully saturated rings. The van der Waals surface area contributed by atoms with Crippen molar-refractivity contribution in [2.75, 3.05) is 25.0 Å². The van der Waals surface area contributed by atoms with E-state index in [-0.39, 0.29) is 30.4 Å². The molecule has 0 aromatic heterocycles. The maximum Gasteiger partial charge on any atom is 0.238 e. The molecule has 2 aliphatic heterocycles. The van der Waals surface area contributed by atoms with Crippen LogP contribution in [-0.2, 0) is 4.79 Å². The number of anilines is 1. The van der Waals surface area contributed by atoms with Crippen molar-refractivity contribution >= 4 is 24.0 Å². The van der Waals surface area contributed by atoms with Crippen molar-refractivity contribution in [3.63, 3.8) is 0 Å². The van der Waals surface area contributed by atoms with Gasteiger partial charge in [0.1, 0.15) is 6.04 Å². The number of carbonyl (C=O) groups excluding carboxylic acids is 1. The molecule has 5 N–H and O–H groups in total. The molecule has 2 aliphatic rings. The molecule has 3 rings (SSSR count). The van der Waals surface area contributed by atoms with Crippen LogP contribution < -0.4 is 26.8 Å². The zero-order valence-corrected chi connectivity index (χ0v) is 15.7. The summed E-state index contributed by atoms with van der Waals surface area (Å²) in [6.45, 7) is 6.86. The lowest BCUT2D eigenvalue weighted by atomic mass is 9.89. The van der Waals surface area contributed by atoms with Gasteiger partial charge in [-0.1, -0.05) is 32.0 Å². The van der Waals surface area contributed by atoms with Crippen LogP contribution in [0.25, 0.3) is 0 Å². The molecule has 0 radical (unpaired) electrons. The van der Waals surface area contributed by atoms with Gasteiger partial charge in [-0.15, -0.1) is 12.4 Å². The van der Waals surface area contributed by atoms with Gasteiger partial charge in [0, 0.05) is 36.8 Å². The molecule has 1 aromatic carbocycles. The van der Waals surface area contributed by atoms with Gasteiger partial charge in [0.15, 0.2) is 0 Å². The van der Waals surface area contributed by atoms with Gasteiger partial charge in [-0.25, -0.2) is 5.43 Å². The first-order valence-electron chi connectivity index (χ1n) is 8.96. The summed E-state index contributed by atoms with van der Waals surface area (Å²) < 4.78 is 0. The van der Waals surface area contributed by atoms with Crippen molar-refractivity contribution in [3.8, 4) is 0 Å². The van der Waals surface area contributed by atoms with E-state index >= 15 is 0 Å². The maximum absolute atomic E-state index is 12.6. The second kappa shape index (κ2) is 9.38. The summed E-state index contributed by atoms with van der Waals surface area (Å²) in [5.41, 5.74) is 7.54. The highest BCUT2D eigenvalue weighted by Gasteiger charge is 2.41. The molecule has 1 amide bonds. The van der Waals surface area contributed by atoms with E-state index in [2.05, 4.69) is 52.8 Å². The fourth-order valence-electron chi connectivity index (χ4n) is 3.50. The lowest BCUT2D eigenvalue weighted by Crippen LogP contribution is -2.51. The number of rotatable bonds is 6. The summed E-state index contributed by atoms with van der Waals surface area (Å²) in [5.74, 6) is 0.821. The first-order valence-corrected chi connectivity index (χ1v) is 8.96. The smallest absolute Gasteiger partial charge is 0.238 e. The number of para-hydroxylation sites is 1. The summed E-state index contributed by atoms with van der Waals surface area (Å²) in [7, 11) is 0. The monoisotopic (exact) mass is 367 g/mol. The number of benzene rings is 1. The van der Waals surface area contributed by atoms with E-state index in [0.29, 0.717) is 24.4 Å². The minimum absolute atomic E-state index is 0. The van der Waals surface area contributed by atoms with Crippen LogP contribution in [0.15, 0.2) is 30.3 Å². The molecule has 2 saturated heterocycles. The molecular weight excluding hydrogens is 338 g/mol. The first-order chi connectivity index (χ1) is 11.6.